The Morgan fingerprint density at radius 2 is 2.38 bits per heavy atom. The molecule has 2 aromatic heterocycles. The molecule has 0 fully saturated rings. The van der Waals surface area contributed by atoms with Crippen LogP contribution in [0, 0.1) is 0 Å². The van der Waals surface area contributed by atoms with Crippen LogP contribution in [-0.4, -0.2) is 34.2 Å². The first-order chi connectivity index (χ1) is 7.72. The molecule has 0 aliphatic rings. The van der Waals surface area contributed by atoms with E-state index in [9.17, 15) is 4.79 Å². The third-order valence-electron chi connectivity index (χ3n) is 2.32. The number of carbonyl (C=O) groups is 1. The van der Waals surface area contributed by atoms with Crippen molar-refractivity contribution < 1.29 is 14.6 Å². The van der Waals surface area contributed by atoms with Gasteiger partial charge in [0.2, 0.25) is 0 Å². The van der Waals surface area contributed by atoms with E-state index in [1.54, 1.807) is 35.9 Å². The van der Waals surface area contributed by atoms with Crippen molar-refractivity contribution in [1.82, 2.24) is 9.38 Å². The van der Waals surface area contributed by atoms with E-state index in [1.165, 1.54) is 0 Å². The summed E-state index contributed by atoms with van der Waals surface area (Å²) in [4.78, 5) is 15.3. The number of aromatic nitrogens is 2. The second kappa shape index (κ2) is 4.32. The third-order valence-corrected chi connectivity index (χ3v) is 2.32. The first-order valence-electron chi connectivity index (χ1n) is 4.91. The SMILES string of the molecule is COCCc1cn2c(C(=O)O)cccc2n1. The number of nitrogens with zero attached hydrogens (tertiary/aromatic N) is 2. The van der Waals surface area contributed by atoms with Crippen LogP contribution in [0.25, 0.3) is 5.65 Å². The molecule has 0 spiro atoms. The van der Waals surface area contributed by atoms with Gasteiger partial charge in [-0.1, -0.05) is 6.07 Å². The lowest BCUT2D eigenvalue weighted by molar-refractivity contribution is 0.0689. The maximum absolute atomic E-state index is 11.0. The third kappa shape index (κ3) is 1.90. The zero-order valence-corrected chi connectivity index (χ0v) is 8.88. The summed E-state index contributed by atoms with van der Waals surface area (Å²) in [6.45, 7) is 0.576. The molecule has 0 unspecified atom stereocenters. The van der Waals surface area contributed by atoms with Crippen LogP contribution >= 0.6 is 0 Å². The molecule has 2 aromatic rings. The van der Waals surface area contributed by atoms with Gasteiger partial charge in [-0.2, -0.15) is 0 Å². The van der Waals surface area contributed by atoms with E-state index in [1.807, 2.05) is 0 Å². The molecule has 0 amide bonds. The van der Waals surface area contributed by atoms with Crippen LogP contribution < -0.4 is 0 Å². The highest BCUT2D eigenvalue weighted by Crippen LogP contribution is 2.09. The number of aromatic carboxylic acids is 1. The van der Waals surface area contributed by atoms with Crippen molar-refractivity contribution in [2.24, 2.45) is 0 Å². The number of methoxy groups -OCH3 is 1. The van der Waals surface area contributed by atoms with Gasteiger partial charge < -0.3 is 9.84 Å². The minimum atomic E-state index is -0.957. The first kappa shape index (κ1) is 10.6. The molecule has 0 radical (unpaired) electrons. The quantitative estimate of drug-likeness (QED) is 0.841. The summed E-state index contributed by atoms with van der Waals surface area (Å²) in [5.41, 5.74) is 1.69. The predicted octanol–water partition coefficient (Wildman–Crippen LogP) is 1.22. The van der Waals surface area contributed by atoms with E-state index >= 15 is 0 Å². The number of hydrogen-bond acceptors (Lipinski definition) is 3. The highest BCUT2D eigenvalue weighted by Gasteiger charge is 2.09. The summed E-state index contributed by atoms with van der Waals surface area (Å²) in [5, 5.41) is 8.99. The van der Waals surface area contributed by atoms with E-state index in [2.05, 4.69) is 4.98 Å². The van der Waals surface area contributed by atoms with Crippen LogP contribution in [0.4, 0.5) is 0 Å². The molecule has 2 rings (SSSR count). The van der Waals surface area contributed by atoms with Gasteiger partial charge in [-0.3, -0.25) is 4.40 Å². The van der Waals surface area contributed by atoms with Crippen molar-refractivity contribution in [1.29, 1.82) is 0 Å². The Balaban J connectivity index is 2.44. The van der Waals surface area contributed by atoms with Crippen LogP contribution in [0.1, 0.15) is 16.2 Å². The molecule has 0 atom stereocenters. The Bertz CT molecular complexity index is 519. The fourth-order valence-corrected chi connectivity index (χ4v) is 1.56. The van der Waals surface area contributed by atoms with Gasteiger partial charge in [-0.15, -0.1) is 0 Å². The number of rotatable bonds is 4. The van der Waals surface area contributed by atoms with Crippen LogP contribution in [0.5, 0.6) is 0 Å². The van der Waals surface area contributed by atoms with Gasteiger partial charge >= 0.3 is 5.97 Å². The highest BCUT2D eigenvalue weighted by atomic mass is 16.5. The maximum atomic E-state index is 11.0. The van der Waals surface area contributed by atoms with Gasteiger partial charge in [0, 0.05) is 19.7 Å². The number of fused-ring (bicyclic) bond motifs is 1. The molecule has 0 bridgehead atoms. The summed E-state index contributed by atoms with van der Waals surface area (Å²) in [7, 11) is 1.62. The Kier molecular flexibility index (Phi) is 2.87. The molecule has 0 aromatic carbocycles. The van der Waals surface area contributed by atoms with Gasteiger partial charge in [-0.05, 0) is 12.1 Å². The van der Waals surface area contributed by atoms with E-state index in [-0.39, 0.29) is 5.69 Å². The van der Waals surface area contributed by atoms with Gasteiger partial charge in [0.05, 0.1) is 12.3 Å². The molecule has 1 N–H and O–H groups in total. The Morgan fingerprint density at radius 3 is 3.06 bits per heavy atom. The van der Waals surface area contributed by atoms with Crippen molar-refractivity contribution in [3.8, 4) is 0 Å². The van der Waals surface area contributed by atoms with E-state index in [0.717, 1.165) is 5.69 Å². The lowest BCUT2D eigenvalue weighted by Gasteiger charge is -1.97. The Hall–Kier alpha value is -1.88. The normalized spacial score (nSPS) is 10.8. The molecule has 16 heavy (non-hydrogen) atoms. The average Bonchev–Trinajstić information content (AvgIpc) is 2.68. The number of pyridine rings is 1. The number of carboxylic acid groups (broad SMARTS) is 1. The molecular formula is C11H12N2O3. The summed E-state index contributed by atoms with van der Waals surface area (Å²) >= 11 is 0. The van der Waals surface area contributed by atoms with Crippen molar-refractivity contribution in [3.63, 3.8) is 0 Å². The highest BCUT2D eigenvalue weighted by molar-refractivity contribution is 5.86. The fraction of sp³-hybridized carbons (Fsp3) is 0.273. The van der Waals surface area contributed by atoms with Gasteiger partial charge in [-0.25, -0.2) is 9.78 Å². The van der Waals surface area contributed by atoms with Crippen molar-refractivity contribution in [2.75, 3.05) is 13.7 Å². The van der Waals surface area contributed by atoms with Crippen molar-refractivity contribution in [2.45, 2.75) is 6.42 Å². The minimum Gasteiger partial charge on any atom is -0.477 e. The molecule has 5 nitrogen and oxygen atoms in total. The van der Waals surface area contributed by atoms with Crippen LogP contribution in [-0.2, 0) is 11.2 Å². The fourth-order valence-electron chi connectivity index (χ4n) is 1.56. The smallest absolute Gasteiger partial charge is 0.352 e. The molecule has 5 heteroatoms. The van der Waals surface area contributed by atoms with Crippen LogP contribution in [0.2, 0.25) is 0 Å². The lowest BCUT2D eigenvalue weighted by atomic mass is 10.3. The van der Waals surface area contributed by atoms with E-state index in [4.69, 9.17) is 9.84 Å². The number of carboxylic acids is 1. The molecule has 0 saturated heterocycles. The second-order valence-corrected chi connectivity index (χ2v) is 3.42. The van der Waals surface area contributed by atoms with Crippen molar-refractivity contribution >= 4 is 11.6 Å². The van der Waals surface area contributed by atoms with Gasteiger partial charge in [0.25, 0.3) is 0 Å². The summed E-state index contributed by atoms with van der Waals surface area (Å²) in [5.74, 6) is -0.957. The topological polar surface area (TPSA) is 63.8 Å². The maximum Gasteiger partial charge on any atom is 0.352 e. The average molecular weight is 220 g/mol. The molecule has 0 aliphatic carbocycles. The summed E-state index contributed by atoms with van der Waals surface area (Å²) in [6, 6.07) is 5.02. The monoisotopic (exact) mass is 220 g/mol. The largest absolute Gasteiger partial charge is 0.477 e. The number of ether oxygens (including phenoxy) is 1. The summed E-state index contributed by atoms with van der Waals surface area (Å²) < 4.78 is 6.53. The predicted molar refractivity (Wildman–Crippen MR) is 57.7 cm³/mol. The van der Waals surface area contributed by atoms with Crippen molar-refractivity contribution in [3.05, 3.63) is 35.8 Å². The molecular weight excluding hydrogens is 208 g/mol. The summed E-state index contributed by atoms with van der Waals surface area (Å²) in [6.07, 6.45) is 2.41. The van der Waals surface area contributed by atoms with Gasteiger partial charge in [0.1, 0.15) is 11.3 Å². The molecule has 0 aliphatic heterocycles. The zero-order chi connectivity index (χ0) is 11.5. The number of imidazole rings is 1. The number of hydrogen-bond donors (Lipinski definition) is 1. The zero-order valence-electron chi connectivity index (χ0n) is 8.88. The first-order valence-corrected chi connectivity index (χ1v) is 4.91. The second-order valence-electron chi connectivity index (χ2n) is 3.42. The molecule has 2 heterocycles. The van der Waals surface area contributed by atoms with Crippen LogP contribution in [0.3, 0.4) is 0 Å². The van der Waals surface area contributed by atoms with Crippen LogP contribution in [0.15, 0.2) is 24.4 Å². The molecule has 84 valence electrons. The Labute approximate surface area is 92.3 Å². The Morgan fingerprint density at radius 1 is 1.56 bits per heavy atom. The standard InChI is InChI=1S/C11H12N2O3/c1-16-6-5-8-7-13-9(11(14)15)3-2-4-10(13)12-8/h2-4,7H,5-6H2,1H3,(H,14,15). The van der Waals surface area contributed by atoms with Gasteiger partial charge in [0.15, 0.2) is 0 Å². The van der Waals surface area contributed by atoms with E-state index in [0.29, 0.717) is 18.7 Å². The molecule has 0 saturated carbocycles. The lowest BCUT2D eigenvalue weighted by Crippen LogP contribution is -2.03. The minimum absolute atomic E-state index is 0.216. The van der Waals surface area contributed by atoms with E-state index < -0.39 is 5.97 Å².